The van der Waals surface area contributed by atoms with Crippen LogP contribution in [-0.2, 0) is 9.59 Å². The van der Waals surface area contributed by atoms with E-state index in [1.165, 1.54) is 0 Å². The molecule has 0 saturated carbocycles. The van der Waals surface area contributed by atoms with Gasteiger partial charge in [0.1, 0.15) is 0 Å². The molecule has 1 amide bonds. The molecule has 5 heteroatoms. The number of carbonyl (C=O) groups is 2. The third-order valence-corrected chi connectivity index (χ3v) is 3.24. The van der Waals surface area contributed by atoms with Crippen LogP contribution < -0.4 is 0 Å². The number of aromatic nitrogens is 1. The summed E-state index contributed by atoms with van der Waals surface area (Å²) >= 11 is 0. The fourth-order valence-electron chi connectivity index (χ4n) is 2.48. The van der Waals surface area contributed by atoms with Gasteiger partial charge in [-0.1, -0.05) is 13.0 Å². The lowest BCUT2D eigenvalue weighted by Crippen LogP contribution is -2.31. The highest BCUT2D eigenvalue weighted by Gasteiger charge is 2.44. The molecule has 1 saturated heterocycles. The van der Waals surface area contributed by atoms with Crippen molar-refractivity contribution in [1.29, 1.82) is 0 Å². The van der Waals surface area contributed by atoms with Crippen LogP contribution in [-0.4, -0.2) is 33.4 Å². The highest BCUT2D eigenvalue weighted by molar-refractivity contribution is 5.87. The second kappa shape index (κ2) is 5.16. The first-order valence-electron chi connectivity index (χ1n) is 6.07. The van der Waals surface area contributed by atoms with Crippen molar-refractivity contribution in [2.75, 3.05) is 6.54 Å². The minimum absolute atomic E-state index is 0.0783. The van der Waals surface area contributed by atoms with Crippen LogP contribution in [0.3, 0.4) is 0 Å². The summed E-state index contributed by atoms with van der Waals surface area (Å²) in [7, 11) is 0. The van der Waals surface area contributed by atoms with Crippen molar-refractivity contribution in [2.45, 2.75) is 25.8 Å². The van der Waals surface area contributed by atoms with Crippen molar-refractivity contribution in [3.63, 3.8) is 0 Å². The van der Waals surface area contributed by atoms with Gasteiger partial charge in [-0.3, -0.25) is 14.6 Å². The summed E-state index contributed by atoms with van der Waals surface area (Å²) in [5.74, 6) is -1.68. The zero-order valence-corrected chi connectivity index (χ0v) is 10.2. The Kier molecular flexibility index (Phi) is 3.60. The van der Waals surface area contributed by atoms with E-state index >= 15 is 0 Å². The van der Waals surface area contributed by atoms with Crippen LogP contribution in [0.25, 0.3) is 0 Å². The lowest BCUT2D eigenvalue weighted by molar-refractivity contribution is -0.142. The lowest BCUT2D eigenvalue weighted by atomic mass is 9.95. The predicted octanol–water partition coefficient (Wildman–Crippen LogP) is 1.47. The van der Waals surface area contributed by atoms with Crippen LogP contribution in [0.4, 0.5) is 0 Å². The largest absolute Gasteiger partial charge is 0.481 e. The minimum Gasteiger partial charge on any atom is -0.481 e. The second-order valence-electron chi connectivity index (χ2n) is 4.47. The van der Waals surface area contributed by atoms with E-state index < -0.39 is 11.9 Å². The van der Waals surface area contributed by atoms with Gasteiger partial charge in [0.05, 0.1) is 12.0 Å². The third-order valence-electron chi connectivity index (χ3n) is 3.24. The van der Waals surface area contributed by atoms with E-state index in [0.29, 0.717) is 6.54 Å². The molecule has 1 aromatic rings. The van der Waals surface area contributed by atoms with Gasteiger partial charge >= 0.3 is 5.97 Å². The molecule has 2 heterocycles. The van der Waals surface area contributed by atoms with E-state index in [1.54, 1.807) is 23.4 Å². The molecule has 0 aliphatic carbocycles. The molecule has 5 nitrogen and oxygen atoms in total. The summed E-state index contributed by atoms with van der Waals surface area (Å²) in [5.41, 5.74) is 0.796. The van der Waals surface area contributed by atoms with Crippen LogP contribution in [0, 0.1) is 5.92 Å². The van der Waals surface area contributed by atoms with Crippen LogP contribution >= 0.6 is 0 Å². The number of nitrogens with zero attached hydrogens (tertiary/aromatic N) is 2. The highest BCUT2D eigenvalue weighted by Crippen LogP contribution is 2.37. The average molecular weight is 248 g/mol. The van der Waals surface area contributed by atoms with Crippen molar-refractivity contribution in [2.24, 2.45) is 5.92 Å². The summed E-state index contributed by atoms with van der Waals surface area (Å²) in [4.78, 5) is 28.9. The number of carboxylic acid groups (broad SMARTS) is 1. The maximum absolute atomic E-state index is 11.9. The summed E-state index contributed by atoms with van der Waals surface area (Å²) < 4.78 is 0. The molecule has 1 N–H and O–H groups in total. The number of carbonyl (C=O) groups excluding carboxylic acids is 1. The van der Waals surface area contributed by atoms with Crippen LogP contribution in [0.15, 0.2) is 24.5 Å². The Balaban J connectivity index is 2.36. The van der Waals surface area contributed by atoms with Crippen molar-refractivity contribution < 1.29 is 14.7 Å². The van der Waals surface area contributed by atoms with E-state index in [4.69, 9.17) is 0 Å². The molecular formula is C13H16N2O3. The van der Waals surface area contributed by atoms with Gasteiger partial charge in [-0.15, -0.1) is 0 Å². The first kappa shape index (κ1) is 12.5. The van der Waals surface area contributed by atoms with Crippen molar-refractivity contribution in [3.05, 3.63) is 30.1 Å². The molecule has 96 valence electrons. The molecule has 0 radical (unpaired) electrons. The monoisotopic (exact) mass is 248 g/mol. The predicted molar refractivity (Wildman–Crippen MR) is 64.7 cm³/mol. The summed E-state index contributed by atoms with van der Waals surface area (Å²) in [6.45, 7) is 2.56. The molecule has 2 rings (SSSR count). The normalized spacial score (nSPS) is 23.4. The van der Waals surface area contributed by atoms with E-state index in [-0.39, 0.29) is 18.4 Å². The molecule has 2 atom stereocenters. The van der Waals surface area contributed by atoms with Crippen molar-refractivity contribution >= 4 is 11.9 Å². The Bertz CT molecular complexity index is 447. The van der Waals surface area contributed by atoms with Gasteiger partial charge in [0.25, 0.3) is 0 Å². The quantitative estimate of drug-likeness (QED) is 0.875. The van der Waals surface area contributed by atoms with E-state index in [9.17, 15) is 14.7 Å². The first-order valence-corrected chi connectivity index (χ1v) is 6.07. The molecule has 1 aliphatic rings. The van der Waals surface area contributed by atoms with Gasteiger partial charge in [-0.05, 0) is 18.1 Å². The molecule has 0 unspecified atom stereocenters. The van der Waals surface area contributed by atoms with Crippen molar-refractivity contribution in [3.8, 4) is 0 Å². The molecule has 1 fully saturated rings. The Hall–Kier alpha value is -1.91. The van der Waals surface area contributed by atoms with Gasteiger partial charge in [0.2, 0.25) is 5.91 Å². The van der Waals surface area contributed by atoms with E-state index in [0.717, 1.165) is 12.0 Å². The number of pyridine rings is 1. The van der Waals surface area contributed by atoms with Crippen molar-refractivity contribution in [1.82, 2.24) is 9.88 Å². The van der Waals surface area contributed by atoms with Crippen LogP contribution in [0.1, 0.15) is 31.4 Å². The number of amides is 1. The minimum atomic E-state index is -0.921. The molecule has 0 aromatic carbocycles. The molecule has 0 spiro atoms. The maximum Gasteiger partial charge on any atom is 0.309 e. The highest BCUT2D eigenvalue weighted by atomic mass is 16.4. The Morgan fingerprint density at radius 2 is 2.39 bits per heavy atom. The first-order chi connectivity index (χ1) is 8.65. The lowest BCUT2D eigenvalue weighted by Gasteiger charge is -2.26. The number of hydrogen-bond donors (Lipinski definition) is 1. The fraction of sp³-hybridized carbons (Fsp3) is 0.462. The number of aliphatic carboxylic acids is 1. The number of hydrogen-bond acceptors (Lipinski definition) is 3. The van der Waals surface area contributed by atoms with Gasteiger partial charge in [0, 0.05) is 25.4 Å². The fourth-order valence-corrected chi connectivity index (χ4v) is 2.48. The molecule has 1 aromatic heterocycles. The smallest absolute Gasteiger partial charge is 0.309 e. The average Bonchev–Trinajstić information content (AvgIpc) is 2.69. The maximum atomic E-state index is 11.9. The van der Waals surface area contributed by atoms with Gasteiger partial charge in [-0.2, -0.15) is 0 Å². The van der Waals surface area contributed by atoms with Gasteiger partial charge in [-0.25, -0.2) is 0 Å². The zero-order chi connectivity index (χ0) is 13.1. The SMILES string of the molecule is CCCN1C(=O)C[C@H](C(=O)O)[C@H]1c1cccnc1. The standard InChI is InChI=1S/C13H16N2O3/c1-2-6-15-11(16)7-10(13(17)18)12(15)9-4-3-5-14-8-9/h3-5,8,10,12H,2,6-7H2,1H3,(H,17,18)/t10-,12+/m0/s1. The summed E-state index contributed by atoms with van der Waals surface area (Å²) in [6, 6.07) is 3.21. The van der Waals surface area contributed by atoms with Crippen LogP contribution in [0.5, 0.6) is 0 Å². The third kappa shape index (κ3) is 2.20. The van der Waals surface area contributed by atoms with E-state index in [2.05, 4.69) is 4.98 Å². The van der Waals surface area contributed by atoms with Gasteiger partial charge < -0.3 is 10.0 Å². The molecule has 1 aliphatic heterocycles. The Labute approximate surface area is 105 Å². The van der Waals surface area contributed by atoms with Crippen LogP contribution in [0.2, 0.25) is 0 Å². The second-order valence-corrected chi connectivity index (χ2v) is 4.47. The van der Waals surface area contributed by atoms with E-state index in [1.807, 2.05) is 13.0 Å². The summed E-state index contributed by atoms with van der Waals surface area (Å²) in [6.07, 6.45) is 4.17. The molecule has 0 bridgehead atoms. The Morgan fingerprint density at radius 3 is 2.94 bits per heavy atom. The summed E-state index contributed by atoms with van der Waals surface area (Å²) in [5, 5.41) is 9.25. The Morgan fingerprint density at radius 1 is 1.61 bits per heavy atom. The van der Waals surface area contributed by atoms with Gasteiger partial charge in [0.15, 0.2) is 0 Å². The number of likely N-dealkylation sites (tertiary alicyclic amines) is 1. The molecular weight excluding hydrogens is 232 g/mol. The number of carboxylic acids is 1. The number of rotatable bonds is 4. The topological polar surface area (TPSA) is 70.5 Å². The molecule has 18 heavy (non-hydrogen) atoms. The zero-order valence-electron chi connectivity index (χ0n) is 10.2.